The molecule has 1 saturated heterocycles. The molecule has 0 spiro atoms. The number of terminal acetylenes is 1. The lowest BCUT2D eigenvalue weighted by molar-refractivity contribution is -0.0768. The molecular formula is C11H11FN2O5S. The highest BCUT2D eigenvalue weighted by Crippen LogP contribution is 2.37. The summed E-state index contributed by atoms with van der Waals surface area (Å²) < 4.78 is 18.8. The lowest BCUT2D eigenvalue weighted by Crippen LogP contribution is -2.47. The first kappa shape index (κ1) is 14.8. The van der Waals surface area contributed by atoms with Crippen LogP contribution in [0.4, 0.5) is 4.39 Å². The summed E-state index contributed by atoms with van der Waals surface area (Å²) in [5.74, 6) is 0.985. The third-order valence-electron chi connectivity index (χ3n) is 3.07. The van der Waals surface area contributed by atoms with Gasteiger partial charge < -0.3 is 20.1 Å². The highest BCUT2D eigenvalue weighted by Gasteiger charge is 2.55. The van der Waals surface area contributed by atoms with Gasteiger partial charge in [0, 0.05) is 0 Å². The molecule has 9 heteroatoms. The van der Waals surface area contributed by atoms with Gasteiger partial charge in [0.1, 0.15) is 16.8 Å². The zero-order valence-electron chi connectivity index (χ0n) is 9.99. The minimum Gasteiger partial charge on any atom is -0.394 e. The minimum atomic E-state index is -2.29. The molecule has 2 unspecified atom stereocenters. The quantitative estimate of drug-likeness (QED) is 0.398. The van der Waals surface area contributed by atoms with Crippen LogP contribution in [0.3, 0.4) is 0 Å². The van der Waals surface area contributed by atoms with Crippen molar-refractivity contribution in [3.05, 3.63) is 27.1 Å². The topological polar surface area (TPSA) is 108 Å². The SMILES string of the molecule is C#CC1(O)C(O)[C@@H](CO)O[C@H]1n1cc(F)c(=S)[nH]c1=O. The molecule has 1 aromatic heterocycles. The second-order valence-corrected chi connectivity index (χ2v) is 4.68. The van der Waals surface area contributed by atoms with E-state index in [1.165, 1.54) is 0 Å². The number of aliphatic hydroxyl groups excluding tert-OH is 2. The number of nitrogens with zero attached hydrogens (tertiary/aromatic N) is 1. The Morgan fingerprint density at radius 1 is 1.70 bits per heavy atom. The summed E-state index contributed by atoms with van der Waals surface area (Å²) in [4.78, 5) is 13.8. The molecule has 1 aliphatic heterocycles. The second kappa shape index (κ2) is 5.08. The standard InChI is InChI=1S/C11H11FN2O5S/c1-2-11(18)7(16)6(4-15)19-9(11)14-3-5(12)8(20)13-10(14)17/h1,3,6-7,9,15-16,18H,4H2,(H,13,17,20)/t6-,7?,9-,11?/m1/s1. The maximum Gasteiger partial charge on any atom is 0.328 e. The van der Waals surface area contributed by atoms with Gasteiger partial charge in [0.05, 0.1) is 12.8 Å². The Bertz CT molecular complexity index is 681. The van der Waals surface area contributed by atoms with Crippen LogP contribution in [0.5, 0.6) is 0 Å². The third kappa shape index (κ3) is 2.07. The molecule has 4 atom stereocenters. The average molecular weight is 302 g/mol. The van der Waals surface area contributed by atoms with Crippen molar-refractivity contribution in [1.29, 1.82) is 0 Å². The van der Waals surface area contributed by atoms with E-state index in [2.05, 4.69) is 12.2 Å². The highest BCUT2D eigenvalue weighted by molar-refractivity contribution is 7.71. The summed E-state index contributed by atoms with van der Waals surface area (Å²) in [5, 5.41) is 29.1. The number of halogens is 1. The molecule has 0 saturated carbocycles. The monoisotopic (exact) mass is 302 g/mol. The minimum absolute atomic E-state index is 0.409. The Kier molecular flexibility index (Phi) is 3.77. The lowest BCUT2D eigenvalue weighted by atomic mass is 9.95. The normalized spacial score (nSPS) is 33.0. The van der Waals surface area contributed by atoms with Crippen molar-refractivity contribution in [2.45, 2.75) is 24.0 Å². The van der Waals surface area contributed by atoms with Crippen LogP contribution in [-0.4, -0.2) is 49.3 Å². The van der Waals surface area contributed by atoms with E-state index in [0.717, 1.165) is 0 Å². The molecule has 4 N–H and O–H groups in total. The molecule has 2 rings (SSSR count). The van der Waals surface area contributed by atoms with Crippen LogP contribution in [0.15, 0.2) is 11.0 Å². The predicted octanol–water partition coefficient (Wildman–Crippen LogP) is -1.34. The largest absolute Gasteiger partial charge is 0.394 e. The molecule has 7 nitrogen and oxygen atoms in total. The van der Waals surface area contributed by atoms with Crippen LogP contribution in [0.2, 0.25) is 0 Å². The Morgan fingerprint density at radius 3 is 2.90 bits per heavy atom. The molecule has 20 heavy (non-hydrogen) atoms. The summed E-state index contributed by atoms with van der Waals surface area (Å²) >= 11 is 4.55. The first-order valence-electron chi connectivity index (χ1n) is 5.50. The Balaban J connectivity index is 2.58. The maximum atomic E-state index is 13.4. The number of aliphatic hydroxyl groups is 3. The number of aromatic nitrogens is 2. The van der Waals surface area contributed by atoms with E-state index < -0.39 is 46.8 Å². The zero-order chi connectivity index (χ0) is 15.1. The van der Waals surface area contributed by atoms with Crippen LogP contribution in [-0.2, 0) is 4.74 Å². The van der Waals surface area contributed by atoms with Gasteiger partial charge >= 0.3 is 5.69 Å². The fourth-order valence-corrected chi connectivity index (χ4v) is 2.13. The van der Waals surface area contributed by atoms with Crippen molar-refractivity contribution in [1.82, 2.24) is 9.55 Å². The molecule has 0 bridgehead atoms. The van der Waals surface area contributed by atoms with E-state index in [9.17, 15) is 19.4 Å². The summed E-state index contributed by atoms with van der Waals surface area (Å²) in [5.41, 5.74) is -3.17. The zero-order valence-corrected chi connectivity index (χ0v) is 10.8. The van der Waals surface area contributed by atoms with Gasteiger partial charge in [-0.25, -0.2) is 9.18 Å². The van der Waals surface area contributed by atoms with Gasteiger partial charge in [-0.3, -0.25) is 9.55 Å². The van der Waals surface area contributed by atoms with Crippen molar-refractivity contribution >= 4 is 12.2 Å². The summed E-state index contributed by atoms with van der Waals surface area (Å²) in [7, 11) is 0. The molecule has 108 valence electrons. The Hall–Kier alpha value is -1.57. The van der Waals surface area contributed by atoms with Crippen LogP contribution >= 0.6 is 12.2 Å². The fraction of sp³-hybridized carbons (Fsp3) is 0.455. The Labute approximate surface area is 117 Å². The van der Waals surface area contributed by atoms with Gasteiger partial charge in [0.2, 0.25) is 0 Å². The van der Waals surface area contributed by atoms with E-state index in [1.807, 2.05) is 10.9 Å². The van der Waals surface area contributed by atoms with E-state index in [4.69, 9.17) is 16.3 Å². The third-order valence-corrected chi connectivity index (χ3v) is 3.37. The number of hydrogen-bond donors (Lipinski definition) is 4. The van der Waals surface area contributed by atoms with Crippen LogP contribution in [0, 0.1) is 22.8 Å². The second-order valence-electron chi connectivity index (χ2n) is 4.27. The molecule has 0 aromatic carbocycles. The van der Waals surface area contributed by atoms with Crippen LogP contribution in [0.25, 0.3) is 0 Å². The average Bonchev–Trinajstić information content (AvgIpc) is 2.67. The van der Waals surface area contributed by atoms with Gasteiger partial charge in [-0.2, -0.15) is 0 Å². The fourth-order valence-electron chi connectivity index (χ4n) is 1.99. The maximum absolute atomic E-state index is 13.4. The van der Waals surface area contributed by atoms with Crippen molar-refractivity contribution in [2.75, 3.05) is 6.61 Å². The highest BCUT2D eigenvalue weighted by atomic mass is 32.1. The predicted molar refractivity (Wildman–Crippen MR) is 66.6 cm³/mol. The molecular weight excluding hydrogens is 291 g/mol. The van der Waals surface area contributed by atoms with Gasteiger partial charge in [0.25, 0.3) is 0 Å². The van der Waals surface area contributed by atoms with E-state index in [-0.39, 0.29) is 0 Å². The molecule has 0 amide bonds. The van der Waals surface area contributed by atoms with Gasteiger partial charge in [-0.1, -0.05) is 18.1 Å². The number of nitrogens with one attached hydrogen (secondary N) is 1. The molecule has 1 fully saturated rings. The number of rotatable bonds is 2. The summed E-state index contributed by atoms with van der Waals surface area (Å²) in [6.07, 6.45) is 1.46. The van der Waals surface area contributed by atoms with Crippen molar-refractivity contribution in [3.63, 3.8) is 0 Å². The van der Waals surface area contributed by atoms with Crippen molar-refractivity contribution < 1.29 is 24.4 Å². The lowest BCUT2D eigenvalue weighted by Gasteiger charge is -2.26. The Morgan fingerprint density at radius 2 is 2.35 bits per heavy atom. The number of ether oxygens (including phenoxy) is 1. The van der Waals surface area contributed by atoms with E-state index in [0.29, 0.717) is 10.8 Å². The summed E-state index contributed by atoms with van der Waals surface area (Å²) in [6.45, 7) is -0.637. The smallest absolute Gasteiger partial charge is 0.328 e. The van der Waals surface area contributed by atoms with E-state index >= 15 is 0 Å². The van der Waals surface area contributed by atoms with Crippen LogP contribution < -0.4 is 5.69 Å². The van der Waals surface area contributed by atoms with E-state index in [1.54, 1.807) is 0 Å². The first-order chi connectivity index (χ1) is 9.35. The number of aromatic amines is 1. The molecule has 0 aliphatic carbocycles. The number of H-pyrrole nitrogens is 1. The van der Waals surface area contributed by atoms with Crippen LogP contribution in [0.1, 0.15) is 6.23 Å². The number of hydrogen-bond acceptors (Lipinski definition) is 6. The molecule has 1 aromatic rings. The first-order valence-corrected chi connectivity index (χ1v) is 5.91. The summed E-state index contributed by atoms with van der Waals surface area (Å²) in [6, 6.07) is 0. The van der Waals surface area contributed by atoms with Gasteiger partial charge in [-0.05, 0) is 0 Å². The molecule has 0 radical (unpaired) electrons. The van der Waals surface area contributed by atoms with Crippen molar-refractivity contribution in [2.24, 2.45) is 0 Å². The van der Waals surface area contributed by atoms with Gasteiger partial charge in [0.15, 0.2) is 17.6 Å². The van der Waals surface area contributed by atoms with Crippen molar-refractivity contribution in [3.8, 4) is 12.3 Å². The molecule has 2 heterocycles. The van der Waals surface area contributed by atoms with Gasteiger partial charge in [-0.15, -0.1) is 6.42 Å². The molecule has 1 aliphatic rings.